The molecular formula is C24H23F3N2O5S. The summed E-state index contributed by atoms with van der Waals surface area (Å²) in [6.45, 7) is 3.57. The first-order chi connectivity index (χ1) is 16.5. The summed E-state index contributed by atoms with van der Waals surface area (Å²) in [4.78, 5) is 13.0. The zero-order valence-corrected chi connectivity index (χ0v) is 19.3. The largest absolute Gasteiger partial charge is 0.573 e. The van der Waals surface area contributed by atoms with E-state index < -0.39 is 34.0 Å². The number of hydrogen-bond donors (Lipinski definition) is 1. The van der Waals surface area contributed by atoms with Crippen molar-refractivity contribution in [3.05, 3.63) is 66.1 Å². The fraction of sp³-hybridized carbons (Fsp3) is 0.292. The molecule has 2 aromatic rings. The summed E-state index contributed by atoms with van der Waals surface area (Å²) >= 11 is 0. The second kappa shape index (κ2) is 10.8. The summed E-state index contributed by atoms with van der Waals surface area (Å²) in [6, 6.07) is 11.7. The number of benzene rings is 2. The highest BCUT2D eigenvalue weighted by molar-refractivity contribution is 7.92. The molecule has 1 fully saturated rings. The van der Waals surface area contributed by atoms with Gasteiger partial charge in [-0.2, -0.15) is 4.31 Å². The van der Waals surface area contributed by atoms with Crippen LogP contribution in [0.5, 0.6) is 11.5 Å². The molecule has 11 heteroatoms. The Balaban J connectivity index is 1.76. The molecule has 1 aliphatic rings. The fourth-order valence-corrected chi connectivity index (χ4v) is 4.74. The van der Waals surface area contributed by atoms with Gasteiger partial charge in [0, 0.05) is 24.2 Å². The molecule has 0 aliphatic carbocycles. The fourth-order valence-electron chi connectivity index (χ4n) is 3.75. The van der Waals surface area contributed by atoms with Crippen LogP contribution >= 0.6 is 0 Å². The molecule has 0 aromatic heterocycles. The van der Waals surface area contributed by atoms with Crippen LogP contribution in [0.2, 0.25) is 0 Å². The first kappa shape index (κ1) is 26.1. The maximum absolute atomic E-state index is 13.0. The number of alkyl halides is 3. The normalized spacial score (nSPS) is 18.8. The third kappa shape index (κ3) is 7.24. The molecule has 1 heterocycles. The maximum Gasteiger partial charge on any atom is 0.573 e. The minimum atomic E-state index is -4.83. The molecule has 0 spiro atoms. The number of nitrogens with zero attached hydrogens (tertiary/aromatic N) is 1. The van der Waals surface area contributed by atoms with Crippen molar-refractivity contribution in [1.82, 2.24) is 4.31 Å². The Morgan fingerprint density at radius 2 is 1.77 bits per heavy atom. The van der Waals surface area contributed by atoms with Crippen LogP contribution in [0.25, 0.3) is 0 Å². The van der Waals surface area contributed by atoms with E-state index in [-0.39, 0.29) is 31.3 Å². The van der Waals surface area contributed by atoms with Gasteiger partial charge in [0.2, 0.25) is 15.9 Å². The number of rotatable bonds is 8. The highest BCUT2D eigenvalue weighted by atomic mass is 32.2. The van der Waals surface area contributed by atoms with Gasteiger partial charge in [0.15, 0.2) is 0 Å². The SMILES string of the molecule is C#CCOc1ccc(C2CC(C(=O)Nc3ccc(OC(F)(F)F)cc3)CN(S(=O)(=O)C=C)C2)cc1. The molecule has 1 amide bonds. The molecule has 35 heavy (non-hydrogen) atoms. The van der Waals surface area contributed by atoms with Gasteiger partial charge in [-0.25, -0.2) is 8.42 Å². The first-order valence-electron chi connectivity index (χ1n) is 10.5. The van der Waals surface area contributed by atoms with Crippen LogP contribution in [0.3, 0.4) is 0 Å². The van der Waals surface area contributed by atoms with Gasteiger partial charge >= 0.3 is 6.36 Å². The van der Waals surface area contributed by atoms with Crippen molar-refractivity contribution in [2.45, 2.75) is 18.7 Å². The second-order valence-corrected chi connectivity index (χ2v) is 9.66. The zero-order valence-electron chi connectivity index (χ0n) is 18.5. The molecule has 0 radical (unpaired) electrons. The number of nitrogens with one attached hydrogen (secondary N) is 1. The monoisotopic (exact) mass is 508 g/mol. The van der Waals surface area contributed by atoms with Gasteiger partial charge in [0.25, 0.3) is 0 Å². The number of anilines is 1. The predicted molar refractivity (Wildman–Crippen MR) is 124 cm³/mol. The van der Waals surface area contributed by atoms with Crippen LogP contribution in [0.15, 0.2) is 60.5 Å². The lowest BCUT2D eigenvalue weighted by Gasteiger charge is -2.36. The first-order valence-corrected chi connectivity index (χ1v) is 12.0. The molecule has 3 rings (SSSR count). The molecule has 0 saturated carbocycles. The van der Waals surface area contributed by atoms with Crippen LogP contribution in [0.4, 0.5) is 18.9 Å². The molecule has 1 aliphatic heterocycles. The van der Waals surface area contributed by atoms with Crippen molar-refractivity contribution in [1.29, 1.82) is 0 Å². The summed E-state index contributed by atoms with van der Waals surface area (Å²) < 4.78 is 72.4. The number of carbonyl (C=O) groups excluding carboxylic acids is 1. The van der Waals surface area contributed by atoms with Crippen LogP contribution in [0, 0.1) is 18.3 Å². The zero-order chi connectivity index (χ0) is 25.6. The van der Waals surface area contributed by atoms with Gasteiger partial charge < -0.3 is 14.8 Å². The molecule has 2 unspecified atom stereocenters. The minimum absolute atomic E-state index is 0.0602. The maximum atomic E-state index is 13.0. The number of amides is 1. The van der Waals surface area contributed by atoms with Crippen molar-refractivity contribution >= 4 is 21.6 Å². The average Bonchev–Trinajstić information content (AvgIpc) is 2.83. The van der Waals surface area contributed by atoms with Crippen molar-refractivity contribution in [3.8, 4) is 23.8 Å². The summed E-state index contributed by atoms with van der Waals surface area (Å²) in [6.07, 6.45) is 0.718. The predicted octanol–water partition coefficient (Wildman–Crippen LogP) is 4.11. The number of sulfonamides is 1. The summed E-state index contributed by atoms with van der Waals surface area (Å²) in [5.74, 6) is 1.03. The van der Waals surface area contributed by atoms with Gasteiger partial charge in [-0.15, -0.1) is 19.6 Å². The standard InChI is InChI=1S/C24H23F3N2O5S/c1-3-13-33-21-9-5-17(6-10-21)18-14-19(16-29(15-18)35(31,32)4-2)23(30)28-20-7-11-22(12-8-20)34-24(25,26)27/h1,4-12,18-19H,2,13-16H2,(H,28,30). The van der Waals surface area contributed by atoms with E-state index in [1.807, 2.05) is 0 Å². The van der Waals surface area contributed by atoms with Crippen molar-refractivity contribution < 1.29 is 35.9 Å². The summed E-state index contributed by atoms with van der Waals surface area (Å²) in [5, 5.41) is 3.47. The van der Waals surface area contributed by atoms with Gasteiger partial charge in [-0.3, -0.25) is 4.79 Å². The Morgan fingerprint density at radius 1 is 1.14 bits per heavy atom. The van der Waals surface area contributed by atoms with Gasteiger partial charge in [-0.05, 0) is 54.3 Å². The lowest BCUT2D eigenvalue weighted by Crippen LogP contribution is -2.46. The Labute approximate surface area is 201 Å². The van der Waals surface area contributed by atoms with E-state index in [2.05, 4.69) is 22.6 Å². The van der Waals surface area contributed by atoms with Gasteiger partial charge in [-0.1, -0.05) is 24.6 Å². The molecule has 186 valence electrons. The molecule has 0 bridgehead atoms. The van der Waals surface area contributed by atoms with E-state index in [1.54, 1.807) is 24.3 Å². The number of terminal acetylenes is 1. The highest BCUT2D eigenvalue weighted by Gasteiger charge is 2.37. The van der Waals surface area contributed by atoms with Crippen molar-refractivity contribution in [3.63, 3.8) is 0 Å². The molecule has 1 N–H and O–H groups in total. The number of piperidine rings is 1. The van der Waals surface area contributed by atoms with E-state index in [0.29, 0.717) is 12.2 Å². The number of halogens is 3. The topological polar surface area (TPSA) is 84.9 Å². The third-order valence-corrected chi connectivity index (χ3v) is 6.83. The second-order valence-electron chi connectivity index (χ2n) is 7.78. The van der Waals surface area contributed by atoms with E-state index in [9.17, 15) is 26.4 Å². The van der Waals surface area contributed by atoms with E-state index >= 15 is 0 Å². The molecule has 2 aromatic carbocycles. The van der Waals surface area contributed by atoms with E-state index in [1.165, 1.54) is 16.4 Å². The summed E-state index contributed by atoms with van der Waals surface area (Å²) in [7, 11) is -3.80. The smallest absolute Gasteiger partial charge is 0.481 e. The highest BCUT2D eigenvalue weighted by Crippen LogP contribution is 2.34. The number of hydrogen-bond acceptors (Lipinski definition) is 5. The van der Waals surface area contributed by atoms with Crippen molar-refractivity contribution in [2.24, 2.45) is 5.92 Å². The Kier molecular flexibility index (Phi) is 8.09. The summed E-state index contributed by atoms with van der Waals surface area (Å²) in [5.41, 5.74) is 1.06. The average molecular weight is 509 g/mol. The molecular weight excluding hydrogens is 485 g/mol. The lowest BCUT2D eigenvalue weighted by molar-refractivity contribution is -0.274. The van der Waals surface area contributed by atoms with E-state index in [0.717, 1.165) is 23.1 Å². The van der Waals surface area contributed by atoms with Gasteiger partial charge in [0.05, 0.1) is 5.92 Å². The third-order valence-electron chi connectivity index (χ3n) is 5.39. The lowest BCUT2D eigenvalue weighted by atomic mass is 9.85. The van der Waals surface area contributed by atoms with Crippen molar-refractivity contribution in [2.75, 3.05) is 25.0 Å². The van der Waals surface area contributed by atoms with E-state index in [4.69, 9.17) is 11.2 Å². The Bertz CT molecular complexity index is 1190. The molecule has 7 nitrogen and oxygen atoms in total. The minimum Gasteiger partial charge on any atom is -0.481 e. The molecule has 2 atom stereocenters. The molecule has 1 saturated heterocycles. The van der Waals surface area contributed by atoms with Crippen LogP contribution in [-0.4, -0.2) is 44.7 Å². The Hall–Kier alpha value is -3.49. The quantitative estimate of drug-likeness (QED) is 0.543. The van der Waals surface area contributed by atoms with Crippen LogP contribution in [-0.2, 0) is 14.8 Å². The van der Waals surface area contributed by atoms with Crippen LogP contribution in [0.1, 0.15) is 17.9 Å². The number of carbonyl (C=O) groups is 1. The Morgan fingerprint density at radius 3 is 2.34 bits per heavy atom. The van der Waals surface area contributed by atoms with Gasteiger partial charge in [0.1, 0.15) is 18.1 Å². The number of ether oxygens (including phenoxy) is 2. The van der Waals surface area contributed by atoms with Crippen LogP contribution < -0.4 is 14.8 Å².